The number of aromatic nitrogens is 5. The van der Waals surface area contributed by atoms with Gasteiger partial charge in [-0.25, -0.2) is 4.98 Å². The number of nitrogens with zero attached hydrogens (tertiary/aromatic N) is 6. The Hall–Kier alpha value is -4.00. The fourth-order valence-electron chi connectivity index (χ4n) is 3.68. The number of rotatable bonds is 5. The van der Waals surface area contributed by atoms with E-state index < -0.39 is 5.41 Å². The predicted molar refractivity (Wildman–Crippen MR) is 124 cm³/mol. The van der Waals surface area contributed by atoms with Crippen LogP contribution in [0.4, 0.5) is 0 Å². The van der Waals surface area contributed by atoms with Gasteiger partial charge in [-0.05, 0) is 43.7 Å². The van der Waals surface area contributed by atoms with E-state index in [2.05, 4.69) is 36.5 Å². The van der Waals surface area contributed by atoms with E-state index in [1.165, 1.54) is 0 Å². The van der Waals surface area contributed by atoms with Crippen molar-refractivity contribution in [3.8, 4) is 40.4 Å². The van der Waals surface area contributed by atoms with Crippen molar-refractivity contribution in [2.75, 3.05) is 19.8 Å². The second-order valence-electron chi connectivity index (χ2n) is 8.57. The lowest BCUT2D eigenvalue weighted by molar-refractivity contribution is 0.0769. The molecule has 0 aliphatic carbocycles. The largest absolute Gasteiger partial charge is 0.415 e. The lowest BCUT2D eigenvalue weighted by Gasteiger charge is -2.24. The molecule has 170 valence electrons. The Labute approximate surface area is 196 Å². The highest BCUT2D eigenvalue weighted by molar-refractivity contribution is 5.62. The highest BCUT2D eigenvalue weighted by Crippen LogP contribution is 2.28. The van der Waals surface area contributed by atoms with Gasteiger partial charge in [-0.1, -0.05) is 12.1 Å². The molecular weight excluding hydrogens is 430 g/mol. The van der Waals surface area contributed by atoms with Crippen molar-refractivity contribution in [3.05, 3.63) is 66.2 Å². The van der Waals surface area contributed by atoms with Crippen LogP contribution in [0.25, 0.3) is 34.3 Å². The van der Waals surface area contributed by atoms with Crippen LogP contribution in [-0.2, 0) is 10.2 Å². The molecule has 0 bridgehead atoms. The SMILES string of the molecule is CC(C)(C#N)c1cc(-c2cncc(-c3nnc(-c4ccc(C5COCCN5)cc4)o3)n2)ccn1. The molecule has 0 saturated carbocycles. The average Bonchev–Trinajstić information content (AvgIpc) is 3.40. The van der Waals surface area contributed by atoms with Crippen molar-refractivity contribution in [1.82, 2.24) is 30.5 Å². The molecule has 1 fully saturated rings. The topological polar surface area (TPSA) is 123 Å². The Morgan fingerprint density at radius 3 is 2.59 bits per heavy atom. The quantitative estimate of drug-likeness (QED) is 0.481. The summed E-state index contributed by atoms with van der Waals surface area (Å²) in [6.07, 6.45) is 4.91. The van der Waals surface area contributed by atoms with Gasteiger partial charge in [-0.3, -0.25) is 9.97 Å². The maximum absolute atomic E-state index is 9.43. The van der Waals surface area contributed by atoms with Gasteiger partial charge in [0.1, 0.15) is 5.69 Å². The van der Waals surface area contributed by atoms with E-state index in [9.17, 15) is 5.26 Å². The van der Waals surface area contributed by atoms with Crippen molar-refractivity contribution >= 4 is 0 Å². The van der Waals surface area contributed by atoms with Gasteiger partial charge in [0, 0.05) is 23.9 Å². The second kappa shape index (κ2) is 9.09. The van der Waals surface area contributed by atoms with Crippen LogP contribution in [0, 0.1) is 11.3 Å². The molecule has 4 heterocycles. The van der Waals surface area contributed by atoms with Crippen LogP contribution in [0.3, 0.4) is 0 Å². The van der Waals surface area contributed by atoms with Crippen LogP contribution in [0.1, 0.15) is 31.1 Å². The molecule has 1 aromatic carbocycles. The number of ether oxygens (including phenoxy) is 1. The average molecular weight is 454 g/mol. The van der Waals surface area contributed by atoms with Gasteiger partial charge < -0.3 is 14.5 Å². The summed E-state index contributed by atoms with van der Waals surface area (Å²) in [5.74, 6) is 0.686. The molecule has 9 nitrogen and oxygen atoms in total. The van der Waals surface area contributed by atoms with Crippen LogP contribution in [0.2, 0.25) is 0 Å². The third-order valence-electron chi connectivity index (χ3n) is 5.74. The van der Waals surface area contributed by atoms with E-state index in [1.807, 2.05) is 50.2 Å². The molecule has 1 aliphatic heterocycles. The van der Waals surface area contributed by atoms with Gasteiger partial charge in [0.25, 0.3) is 5.89 Å². The minimum atomic E-state index is -0.710. The second-order valence-corrected chi connectivity index (χ2v) is 8.57. The van der Waals surface area contributed by atoms with E-state index in [4.69, 9.17) is 9.15 Å². The monoisotopic (exact) mass is 453 g/mol. The number of pyridine rings is 1. The number of nitriles is 1. The Kier molecular flexibility index (Phi) is 5.84. The summed E-state index contributed by atoms with van der Waals surface area (Å²) < 4.78 is 11.4. The zero-order chi connectivity index (χ0) is 23.5. The Bertz CT molecular complexity index is 1340. The normalized spacial score (nSPS) is 16.2. The third-order valence-corrected chi connectivity index (χ3v) is 5.74. The molecule has 3 aromatic heterocycles. The van der Waals surface area contributed by atoms with Crippen LogP contribution < -0.4 is 5.32 Å². The molecule has 9 heteroatoms. The number of hydrogen-bond donors (Lipinski definition) is 1. The smallest absolute Gasteiger partial charge is 0.268 e. The summed E-state index contributed by atoms with van der Waals surface area (Å²) >= 11 is 0. The van der Waals surface area contributed by atoms with Crippen LogP contribution >= 0.6 is 0 Å². The summed E-state index contributed by atoms with van der Waals surface area (Å²) in [5, 5.41) is 21.2. The lowest BCUT2D eigenvalue weighted by atomic mass is 9.90. The summed E-state index contributed by atoms with van der Waals surface area (Å²) in [6, 6.07) is 14.1. The number of hydrogen-bond acceptors (Lipinski definition) is 9. The molecule has 4 aromatic rings. The van der Waals surface area contributed by atoms with Gasteiger partial charge in [-0.15, -0.1) is 10.2 Å². The molecular formula is C25H23N7O2. The Balaban J connectivity index is 1.39. The Morgan fingerprint density at radius 2 is 1.82 bits per heavy atom. The van der Waals surface area contributed by atoms with Crippen molar-refractivity contribution in [3.63, 3.8) is 0 Å². The van der Waals surface area contributed by atoms with Crippen LogP contribution in [0.15, 0.2) is 59.4 Å². The van der Waals surface area contributed by atoms with Gasteiger partial charge in [0.2, 0.25) is 5.89 Å². The molecule has 0 spiro atoms. The minimum absolute atomic E-state index is 0.187. The summed E-state index contributed by atoms with van der Waals surface area (Å²) in [4.78, 5) is 13.3. The van der Waals surface area contributed by atoms with E-state index in [0.717, 1.165) is 29.8 Å². The maximum Gasteiger partial charge on any atom is 0.268 e. The van der Waals surface area contributed by atoms with Crippen molar-refractivity contribution in [2.45, 2.75) is 25.3 Å². The van der Waals surface area contributed by atoms with Crippen molar-refractivity contribution < 1.29 is 9.15 Å². The van der Waals surface area contributed by atoms with E-state index in [-0.39, 0.29) is 11.9 Å². The van der Waals surface area contributed by atoms with E-state index in [0.29, 0.717) is 29.6 Å². The summed E-state index contributed by atoms with van der Waals surface area (Å²) in [6.45, 7) is 5.90. The van der Waals surface area contributed by atoms with E-state index >= 15 is 0 Å². The molecule has 5 rings (SSSR count). The lowest BCUT2D eigenvalue weighted by Crippen LogP contribution is -2.34. The molecule has 0 amide bonds. The first-order valence-electron chi connectivity index (χ1n) is 11.0. The molecule has 1 saturated heterocycles. The fourth-order valence-corrected chi connectivity index (χ4v) is 3.68. The first kappa shape index (κ1) is 21.8. The highest BCUT2D eigenvalue weighted by Gasteiger charge is 2.22. The number of nitrogens with one attached hydrogen (secondary N) is 1. The molecule has 1 atom stereocenters. The number of benzene rings is 1. The third kappa shape index (κ3) is 4.41. The molecule has 1 unspecified atom stereocenters. The van der Waals surface area contributed by atoms with Gasteiger partial charge in [0.15, 0.2) is 0 Å². The molecule has 1 N–H and O–H groups in total. The zero-order valence-corrected chi connectivity index (χ0v) is 18.9. The zero-order valence-electron chi connectivity index (χ0n) is 18.9. The minimum Gasteiger partial charge on any atom is -0.415 e. The highest BCUT2D eigenvalue weighted by atomic mass is 16.5. The summed E-state index contributed by atoms with van der Waals surface area (Å²) in [7, 11) is 0. The van der Waals surface area contributed by atoms with Crippen molar-refractivity contribution in [2.24, 2.45) is 0 Å². The first-order valence-corrected chi connectivity index (χ1v) is 11.0. The van der Waals surface area contributed by atoms with Gasteiger partial charge in [-0.2, -0.15) is 5.26 Å². The molecule has 34 heavy (non-hydrogen) atoms. The van der Waals surface area contributed by atoms with Crippen molar-refractivity contribution in [1.29, 1.82) is 5.26 Å². The van der Waals surface area contributed by atoms with Crippen LogP contribution in [0.5, 0.6) is 0 Å². The van der Waals surface area contributed by atoms with Gasteiger partial charge >= 0.3 is 0 Å². The maximum atomic E-state index is 9.43. The fraction of sp³-hybridized carbons (Fsp3) is 0.280. The Morgan fingerprint density at radius 1 is 1.03 bits per heavy atom. The molecule has 1 aliphatic rings. The first-order chi connectivity index (χ1) is 16.5. The molecule has 0 radical (unpaired) electrons. The predicted octanol–water partition coefficient (Wildman–Crippen LogP) is 3.72. The number of morpholine rings is 1. The van der Waals surface area contributed by atoms with Gasteiger partial charge in [0.05, 0.1) is 54.5 Å². The van der Waals surface area contributed by atoms with E-state index in [1.54, 1.807) is 18.6 Å². The van der Waals surface area contributed by atoms with Crippen LogP contribution in [-0.4, -0.2) is 44.9 Å². The standard InChI is InChI=1S/C25H23N7O2/c1-25(2,15-26)22-11-18(7-8-29-22)19-12-27-13-20(30-19)24-32-31-23(34-24)17-5-3-16(4-6-17)21-14-33-10-9-28-21/h3-8,11-13,21,28H,9-10,14H2,1-2H3. The summed E-state index contributed by atoms with van der Waals surface area (Å²) in [5.41, 5.74) is 3.82.